The van der Waals surface area contributed by atoms with Crippen LogP contribution in [0.5, 0.6) is 0 Å². The van der Waals surface area contributed by atoms with Crippen molar-refractivity contribution in [1.82, 2.24) is 5.32 Å². The molecule has 0 heterocycles. The van der Waals surface area contributed by atoms with Gasteiger partial charge < -0.3 is 20.3 Å². The lowest BCUT2D eigenvalue weighted by atomic mass is 10.0. The van der Waals surface area contributed by atoms with Crippen LogP contribution >= 0.6 is 0 Å². The van der Waals surface area contributed by atoms with E-state index in [9.17, 15) is 19.8 Å². The summed E-state index contributed by atoms with van der Waals surface area (Å²) in [6.45, 7) is 6.30. The minimum atomic E-state index is -0.805. The van der Waals surface area contributed by atoms with Gasteiger partial charge >= 0.3 is 5.97 Å². The van der Waals surface area contributed by atoms with Crippen LogP contribution in [-0.4, -0.2) is 46.9 Å². The standard InChI is InChI=1S/C58H99NO5/c1-4-7-10-13-16-19-22-25-27-28-30-33-36-39-42-45-48-51-58(63)64-54(49-46-43-40-37-34-32-29-26-23-20-17-14-11-8-5-2)52-57(62)59-55(53-60)56(61)50-47-44-41-38-35-31-24-21-18-15-12-9-6-3/h7,10,13,16-17,19-20,22,25-30,33,36,54-56,60-61H,4-6,8-9,11-12,14-15,18,21,23-24,31-32,34-35,37-53H2,1-3H3,(H,59,62)/b10-7-,16-13+,20-17-,22-19+,27-25-,29-26-,30-28+,36-33+. The molecule has 0 aliphatic carbocycles. The van der Waals surface area contributed by atoms with Crippen LogP contribution in [0.2, 0.25) is 0 Å². The normalized spacial score (nSPS) is 14.0. The second-order valence-electron chi connectivity index (χ2n) is 17.7. The van der Waals surface area contributed by atoms with Crippen LogP contribution in [0.15, 0.2) is 97.2 Å². The summed E-state index contributed by atoms with van der Waals surface area (Å²) in [5.41, 5.74) is 0. The highest BCUT2D eigenvalue weighted by Crippen LogP contribution is 2.17. The van der Waals surface area contributed by atoms with Crippen LogP contribution in [0.4, 0.5) is 0 Å². The third kappa shape index (κ3) is 45.4. The molecule has 0 aromatic carbocycles. The molecule has 6 nitrogen and oxygen atoms in total. The molecule has 1 amide bonds. The maximum absolute atomic E-state index is 13.2. The average Bonchev–Trinajstić information content (AvgIpc) is 3.29. The number of hydrogen-bond acceptors (Lipinski definition) is 5. The SMILES string of the molecule is CC\C=C/C=C/C=C/C=C\C=C\C=C\CCCCCC(=O)OC(CCCCCCC/C=C\C/C=C\CCCCC)CC(=O)NC(CO)C(O)CCCCCCCCCCCCCCC. The molecular formula is C58H99NO5. The number of aliphatic hydroxyl groups excluding tert-OH is 2. The van der Waals surface area contributed by atoms with Crippen molar-refractivity contribution in [2.75, 3.05) is 6.61 Å². The van der Waals surface area contributed by atoms with Crippen LogP contribution < -0.4 is 5.32 Å². The van der Waals surface area contributed by atoms with Crippen molar-refractivity contribution in [2.45, 2.75) is 251 Å². The summed E-state index contributed by atoms with van der Waals surface area (Å²) in [4.78, 5) is 26.2. The molecular weight excluding hydrogens is 791 g/mol. The Hall–Kier alpha value is -3.22. The zero-order valence-corrected chi connectivity index (χ0v) is 41.6. The lowest BCUT2D eigenvalue weighted by molar-refractivity contribution is -0.151. The number of amides is 1. The first-order valence-electron chi connectivity index (χ1n) is 26.5. The third-order valence-electron chi connectivity index (χ3n) is 11.6. The topological polar surface area (TPSA) is 95.9 Å². The number of nitrogens with one attached hydrogen (secondary N) is 1. The van der Waals surface area contributed by atoms with Crippen molar-refractivity contribution >= 4 is 11.9 Å². The lowest BCUT2D eigenvalue weighted by Gasteiger charge is -2.24. The van der Waals surface area contributed by atoms with Gasteiger partial charge in [-0.2, -0.15) is 0 Å². The number of esters is 1. The van der Waals surface area contributed by atoms with Gasteiger partial charge in [0.2, 0.25) is 5.91 Å². The van der Waals surface area contributed by atoms with Crippen LogP contribution in [0.1, 0.15) is 233 Å². The summed E-state index contributed by atoms with van der Waals surface area (Å²) in [6.07, 6.45) is 67.4. The molecule has 0 saturated carbocycles. The van der Waals surface area contributed by atoms with Gasteiger partial charge in [0.1, 0.15) is 6.10 Å². The van der Waals surface area contributed by atoms with Crippen LogP contribution in [-0.2, 0) is 14.3 Å². The van der Waals surface area contributed by atoms with E-state index in [1.807, 2.05) is 54.7 Å². The van der Waals surface area contributed by atoms with Gasteiger partial charge in [-0.05, 0) is 77.0 Å². The molecule has 64 heavy (non-hydrogen) atoms. The molecule has 0 aliphatic rings. The van der Waals surface area contributed by atoms with Gasteiger partial charge in [0, 0.05) is 6.42 Å². The summed E-state index contributed by atoms with van der Waals surface area (Å²) in [5, 5.41) is 23.8. The van der Waals surface area contributed by atoms with E-state index in [0.717, 1.165) is 89.9 Å². The zero-order valence-electron chi connectivity index (χ0n) is 41.6. The van der Waals surface area contributed by atoms with Crippen molar-refractivity contribution in [3.8, 4) is 0 Å². The molecule has 0 fully saturated rings. The Morgan fingerprint density at radius 3 is 1.44 bits per heavy atom. The minimum absolute atomic E-state index is 0.0447. The van der Waals surface area contributed by atoms with E-state index in [-0.39, 0.29) is 24.9 Å². The number of rotatable bonds is 46. The Bertz CT molecular complexity index is 1270. The zero-order chi connectivity index (χ0) is 46.7. The first-order chi connectivity index (χ1) is 31.5. The molecule has 0 aliphatic heterocycles. The highest BCUT2D eigenvalue weighted by Gasteiger charge is 2.24. The van der Waals surface area contributed by atoms with Crippen molar-refractivity contribution < 1.29 is 24.5 Å². The maximum atomic E-state index is 13.2. The lowest BCUT2D eigenvalue weighted by Crippen LogP contribution is -2.46. The predicted octanol–water partition coefficient (Wildman–Crippen LogP) is 16.1. The summed E-state index contributed by atoms with van der Waals surface area (Å²) in [5.74, 6) is -0.543. The number of hydrogen-bond donors (Lipinski definition) is 3. The van der Waals surface area contributed by atoms with E-state index < -0.39 is 18.2 Å². The Balaban J connectivity index is 4.72. The maximum Gasteiger partial charge on any atom is 0.306 e. The van der Waals surface area contributed by atoms with Crippen LogP contribution in [0, 0.1) is 0 Å². The molecule has 6 heteroatoms. The van der Waals surface area contributed by atoms with E-state index in [1.54, 1.807) is 0 Å². The van der Waals surface area contributed by atoms with Gasteiger partial charge in [-0.1, -0.05) is 240 Å². The van der Waals surface area contributed by atoms with Gasteiger partial charge in [-0.15, -0.1) is 0 Å². The quantitative estimate of drug-likeness (QED) is 0.0245. The van der Waals surface area contributed by atoms with Crippen molar-refractivity contribution in [3.63, 3.8) is 0 Å². The molecule has 0 aromatic rings. The van der Waals surface area contributed by atoms with E-state index in [0.29, 0.717) is 19.3 Å². The molecule has 0 spiro atoms. The van der Waals surface area contributed by atoms with E-state index in [2.05, 4.69) is 68.6 Å². The number of unbranched alkanes of at least 4 members (excludes halogenated alkanes) is 23. The first-order valence-corrected chi connectivity index (χ1v) is 26.5. The molecule has 0 bridgehead atoms. The van der Waals surface area contributed by atoms with E-state index in [4.69, 9.17) is 4.74 Å². The fourth-order valence-corrected chi connectivity index (χ4v) is 7.55. The second kappa shape index (κ2) is 50.8. The van der Waals surface area contributed by atoms with Crippen molar-refractivity contribution in [1.29, 1.82) is 0 Å². The molecule has 0 radical (unpaired) electrons. The third-order valence-corrected chi connectivity index (χ3v) is 11.6. The molecule has 3 atom stereocenters. The largest absolute Gasteiger partial charge is 0.462 e. The number of allylic oxidation sites excluding steroid dienone is 16. The molecule has 366 valence electrons. The Labute approximate surface area is 395 Å². The predicted molar refractivity (Wildman–Crippen MR) is 277 cm³/mol. The fraction of sp³-hybridized carbons (Fsp3) is 0.690. The Morgan fingerprint density at radius 2 is 0.906 bits per heavy atom. The van der Waals surface area contributed by atoms with Crippen molar-refractivity contribution in [3.05, 3.63) is 97.2 Å². The second-order valence-corrected chi connectivity index (χ2v) is 17.7. The van der Waals surface area contributed by atoms with Gasteiger partial charge in [0.15, 0.2) is 0 Å². The molecule has 3 unspecified atom stereocenters. The summed E-state index contributed by atoms with van der Waals surface area (Å²) in [6, 6.07) is -0.721. The van der Waals surface area contributed by atoms with Crippen molar-refractivity contribution in [2.24, 2.45) is 0 Å². The number of carbonyl (C=O) groups excluding carboxylic acids is 2. The number of carbonyl (C=O) groups is 2. The summed E-state index contributed by atoms with van der Waals surface area (Å²) >= 11 is 0. The first kappa shape index (κ1) is 60.8. The molecule has 0 saturated heterocycles. The average molecular weight is 890 g/mol. The Morgan fingerprint density at radius 1 is 0.484 bits per heavy atom. The van der Waals surface area contributed by atoms with Crippen LogP contribution in [0.25, 0.3) is 0 Å². The van der Waals surface area contributed by atoms with Gasteiger partial charge in [0.25, 0.3) is 0 Å². The van der Waals surface area contributed by atoms with Gasteiger partial charge in [-0.3, -0.25) is 9.59 Å². The highest BCUT2D eigenvalue weighted by molar-refractivity contribution is 5.77. The van der Waals surface area contributed by atoms with Crippen LogP contribution in [0.3, 0.4) is 0 Å². The smallest absolute Gasteiger partial charge is 0.306 e. The summed E-state index contributed by atoms with van der Waals surface area (Å²) < 4.78 is 5.92. The molecule has 0 rings (SSSR count). The molecule has 0 aromatic heterocycles. The monoisotopic (exact) mass is 890 g/mol. The highest BCUT2D eigenvalue weighted by atomic mass is 16.5. The number of ether oxygens (including phenoxy) is 1. The van der Waals surface area contributed by atoms with Gasteiger partial charge in [-0.25, -0.2) is 0 Å². The van der Waals surface area contributed by atoms with E-state index >= 15 is 0 Å². The van der Waals surface area contributed by atoms with E-state index in [1.165, 1.54) is 96.3 Å². The Kier molecular flexibility index (Phi) is 48.2. The number of aliphatic hydroxyl groups is 2. The van der Waals surface area contributed by atoms with Gasteiger partial charge in [0.05, 0.1) is 25.2 Å². The fourth-order valence-electron chi connectivity index (χ4n) is 7.55. The molecule has 3 N–H and O–H groups in total. The summed E-state index contributed by atoms with van der Waals surface area (Å²) in [7, 11) is 0. The minimum Gasteiger partial charge on any atom is -0.462 e.